The molecule has 2 aromatic rings. The molecular formula is C16H18BrNO2. The molecule has 0 heterocycles. The maximum Gasteiger partial charge on any atom is 0.133 e. The quantitative estimate of drug-likeness (QED) is 0.760. The van der Waals surface area contributed by atoms with Crippen LogP contribution < -0.4 is 10.1 Å². The summed E-state index contributed by atoms with van der Waals surface area (Å²) < 4.78 is 6.59. The van der Waals surface area contributed by atoms with Crippen LogP contribution in [0.25, 0.3) is 0 Å². The highest BCUT2D eigenvalue weighted by Crippen LogP contribution is 2.26. The van der Waals surface area contributed by atoms with E-state index >= 15 is 0 Å². The Morgan fingerprint density at radius 2 is 1.90 bits per heavy atom. The van der Waals surface area contributed by atoms with Crippen LogP contribution in [0.5, 0.6) is 11.5 Å². The average molecular weight is 336 g/mol. The van der Waals surface area contributed by atoms with E-state index in [2.05, 4.69) is 34.2 Å². The van der Waals surface area contributed by atoms with Crippen molar-refractivity contribution >= 4 is 21.6 Å². The van der Waals surface area contributed by atoms with Crippen molar-refractivity contribution in [2.75, 3.05) is 11.9 Å². The second kappa shape index (κ2) is 7.20. The van der Waals surface area contributed by atoms with Gasteiger partial charge in [-0.25, -0.2) is 0 Å². The monoisotopic (exact) mass is 335 g/mol. The Labute approximate surface area is 127 Å². The molecule has 0 spiro atoms. The van der Waals surface area contributed by atoms with E-state index in [1.54, 1.807) is 12.1 Å². The predicted molar refractivity (Wildman–Crippen MR) is 85.4 cm³/mol. The lowest BCUT2D eigenvalue weighted by Crippen LogP contribution is -2.00. The Kier molecular flexibility index (Phi) is 5.30. The third-order valence-corrected chi connectivity index (χ3v) is 3.44. The van der Waals surface area contributed by atoms with Crippen LogP contribution in [0.1, 0.15) is 18.9 Å². The van der Waals surface area contributed by atoms with Crippen LogP contribution in [-0.4, -0.2) is 11.7 Å². The SMILES string of the molecule is CCCOc1ccc(CNc2ccc(O)cc2)cc1Br. The first-order valence-electron chi connectivity index (χ1n) is 6.63. The lowest BCUT2D eigenvalue weighted by atomic mass is 10.2. The Morgan fingerprint density at radius 1 is 1.15 bits per heavy atom. The molecule has 0 fully saturated rings. The van der Waals surface area contributed by atoms with Crippen LogP contribution >= 0.6 is 15.9 Å². The topological polar surface area (TPSA) is 41.5 Å². The fourth-order valence-electron chi connectivity index (χ4n) is 1.77. The number of phenols is 1. The predicted octanol–water partition coefficient (Wildman–Crippen LogP) is 4.56. The minimum atomic E-state index is 0.274. The first-order chi connectivity index (χ1) is 9.69. The summed E-state index contributed by atoms with van der Waals surface area (Å²) in [6.45, 7) is 3.53. The van der Waals surface area contributed by atoms with E-state index < -0.39 is 0 Å². The van der Waals surface area contributed by atoms with Gasteiger partial charge in [-0.2, -0.15) is 0 Å². The molecule has 0 atom stereocenters. The van der Waals surface area contributed by atoms with Crippen LogP contribution in [0.4, 0.5) is 5.69 Å². The highest BCUT2D eigenvalue weighted by molar-refractivity contribution is 9.10. The van der Waals surface area contributed by atoms with Crippen LogP contribution in [0.3, 0.4) is 0 Å². The van der Waals surface area contributed by atoms with Gasteiger partial charge in [0.15, 0.2) is 0 Å². The van der Waals surface area contributed by atoms with Gasteiger partial charge in [0, 0.05) is 12.2 Å². The molecule has 0 aromatic heterocycles. The van der Waals surface area contributed by atoms with Gasteiger partial charge in [-0.05, 0) is 64.3 Å². The molecule has 4 heteroatoms. The van der Waals surface area contributed by atoms with E-state index in [0.717, 1.165) is 41.0 Å². The zero-order chi connectivity index (χ0) is 14.4. The van der Waals surface area contributed by atoms with Crippen molar-refractivity contribution in [2.24, 2.45) is 0 Å². The fourth-order valence-corrected chi connectivity index (χ4v) is 2.31. The number of phenolic OH excluding ortho intramolecular Hbond substituents is 1. The molecule has 0 aliphatic heterocycles. The Hall–Kier alpha value is -1.68. The minimum Gasteiger partial charge on any atom is -0.508 e. The van der Waals surface area contributed by atoms with Crippen LogP contribution in [0, 0.1) is 0 Å². The molecule has 0 saturated carbocycles. The zero-order valence-corrected chi connectivity index (χ0v) is 13.0. The fraction of sp³-hybridized carbons (Fsp3) is 0.250. The first-order valence-corrected chi connectivity index (χ1v) is 7.42. The highest BCUT2D eigenvalue weighted by atomic mass is 79.9. The van der Waals surface area contributed by atoms with Gasteiger partial charge in [-0.1, -0.05) is 13.0 Å². The summed E-state index contributed by atoms with van der Waals surface area (Å²) in [4.78, 5) is 0. The molecule has 0 aliphatic rings. The number of benzene rings is 2. The van der Waals surface area contributed by atoms with Crippen LogP contribution in [0.15, 0.2) is 46.9 Å². The third kappa shape index (κ3) is 4.17. The molecule has 2 rings (SSSR count). The summed E-state index contributed by atoms with van der Waals surface area (Å²) >= 11 is 3.53. The maximum absolute atomic E-state index is 9.23. The Balaban J connectivity index is 1.96. The first kappa shape index (κ1) is 14.7. The van der Waals surface area contributed by atoms with E-state index in [0.29, 0.717) is 0 Å². The Morgan fingerprint density at radius 3 is 2.55 bits per heavy atom. The summed E-state index contributed by atoms with van der Waals surface area (Å²) in [7, 11) is 0. The number of halogens is 1. The molecule has 0 saturated heterocycles. The van der Waals surface area contributed by atoms with Crippen molar-refractivity contribution in [2.45, 2.75) is 19.9 Å². The normalized spacial score (nSPS) is 10.3. The summed E-state index contributed by atoms with van der Waals surface area (Å²) in [6, 6.07) is 13.1. The van der Waals surface area contributed by atoms with Gasteiger partial charge in [0.1, 0.15) is 11.5 Å². The number of rotatable bonds is 6. The average Bonchev–Trinajstić information content (AvgIpc) is 2.46. The van der Waals surface area contributed by atoms with Crippen LogP contribution in [0.2, 0.25) is 0 Å². The van der Waals surface area contributed by atoms with Gasteiger partial charge in [0.05, 0.1) is 11.1 Å². The lowest BCUT2D eigenvalue weighted by Gasteiger charge is -2.10. The molecule has 2 aromatic carbocycles. The number of hydrogen-bond acceptors (Lipinski definition) is 3. The number of anilines is 1. The van der Waals surface area contributed by atoms with Crippen molar-refractivity contribution in [1.82, 2.24) is 0 Å². The van der Waals surface area contributed by atoms with Gasteiger partial charge < -0.3 is 15.2 Å². The van der Waals surface area contributed by atoms with Crippen molar-refractivity contribution in [3.8, 4) is 11.5 Å². The molecule has 0 unspecified atom stereocenters. The smallest absolute Gasteiger partial charge is 0.133 e. The van der Waals surface area contributed by atoms with Crippen molar-refractivity contribution in [1.29, 1.82) is 0 Å². The molecule has 2 N–H and O–H groups in total. The summed E-state index contributed by atoms with van der Waals surface area (Å²) in [5, 5.41) is 12.5. The maximum atomic E-state index is 9.23. The molecule has 20 heavy (non-hydrogen) atoms. The molecule has 0 bridgehead atoms. The van der Waals surface area contributed by atoms with Crippen LogP contribution in [-0.2, 0) is 6.54 Å². The highest BCUT2D eigenvalue weighted by Gasteiger charge is 2.02. The number of ether oxygens (including phenoxy) is 1. The second-order valence-electron chi connectivity index (χ2n) is 4.51. The van der Waals surface area contributed by atoms with E-state index in [9.17, 15) is 5.11 Å². The number of hydrogen-bond donors (Lipinski definition) is 2. The van der Waals surface area contributed by atoms with E-state index in [1.807, 2.05) is 24.3 Å². The van der Waals surface area contributed by atoms with Gasteiger partial charge >= 0.3 is 0 Å². The van der Waals surface area contributed by atoms with Crippen molar-refractivity contribution in [3.63, 3.8) is 0 Å². The molecule has 3 nitrogen and oxygen atoms in total. The number of nitrogens with one attached hydrogen (secondary N) is 1. The minimum absolute atomic E-state index is 0.274. The summed E-state index contributed by atoms with van der Waals surface area (Å²) in [6.07, 6.45) is 0.997. The van der Waals surface area contributed by atoms with Gasteiger partial charge in [-0.3, -0.25) is 0 Å². The zero-order valence-electron chi connectivity index (χ0n) is 11.4. The van der Waals surface area contributed by atoms with Crippen molar-refractivity contribution in [3.05, 3.63) is 52.5 Å². The molecule has 106 valence electrons. The third-order valence-electron chi connectivity index (χ3n) is 2.82. The molecule has 0 amide bonds. The van der Waals surface area contributed by atoms with E-state index in [1.165, 1.54) is 0 Å². The summed E-state index contributed by atoms with van der Waals surface area (Å²) in [5.74, 6) is 1.15. The van der Waals surface area contributed by atoms with Gasteiger partial charge in [0.2, 0.25) is 0 Å². The van der Waals surface area contributed by atoms with E-state index in [-0.39, 0.29) is 5.75 Å². The Bertz CT molecular complexity index is 555. The second-order valence-corrected chi connectivity index (χ2v) is 5.37. The number of aromatic hydroxyl groups is 1. The molecular weight excluding hydrogens is 318 g/mol. The summed E-state index contributed by atoms with van der Waals surface area (Å²) in [5.41, 5.74) is 2.14. The van der Waals surface area contributed by atoms with Gasteiger partial charge in [-0.15, -0.1) is 0 Å². The molecule has 0 radical (unpaired) electrons. The van der Waals surface area contributed by atoms with E-state index in [4.69, 9.17) is 4.74 Å². The standard InChI is InChI=1S/C16H18BrNO2/c1-2-9-20-16-8-3-12(10-15(16)17)11-18-13-4-6-14(19)7-5-13/h3-8,10,18-19H,2,9,11H2,1H3. The largest absolute Gasteiger partial charge is 0.508 e. The molecule has 0 aliphatic carbocycles. The van der Waals surface area contributed by atoms with Gasteiger partial charge in [0.25, 0.3) is 0 Å². The van der Waals surface area contributed by atoms with Crippen molar-refractivity contribution < 1.29 is 9.84 Å². The lowest BCUT2D eigenvalue weighted by molar-refractivity contribution is 0.315.